The first-order valence-electron chi connectivity index (χ1n) is 10.0. The number of nitrogens with zero attached hydrogens (tertiary/aromatic N) is 3. The van der Waals surface area contributed by atoms with Crippen molar-refractivity contribution in [2.24, 2.45) is 0 Å². The summed E-state index contributed by atoms with van der Waals surface area (Å²) in [7, 11) is 0. The molecule has 3 heterocycles. The minimum absolute atomic E-state index is 0.0514. The van der Waals surface area contributed by atoms with Gasteiger partial charge in [-0.05, 0) is 30.5 Å². The normalized spacial score (nSPS) is 20.6. The van der Waals surface area contributed by atoms with Crippen LogP contribution in [-0.4, -0.2) is 45.6 Å². The lowest BCUT2D eigenvalue weighted by Gasteiger charge is -2.28. The molecule has 0 radical (unpaired) electrons. The number of rotatable bonds is 5. The number of carbonyl (C=O) groups excluding carboxylic acids is 2. The lowest BCUT2D eigenvalue weighted by Crippen LogP contribution is -2.46. The number of fused-ring (bicyclic) bond motifs is 3. The van der Waals surface area contributed by atoms with E-state index in [2.05, 4.69) is 4.98 Å². The van der Waals surface area contributed by atoms with Crippen LogP contribution < -0.4 is 4.74 Å². The molecule has 30 heavy (non-hydrogen) atoms. The number of ether oxygens (including phenoxy) is 1. The molecule has 2 aliphatic rings. The predicted molar refractivity (Wildman–Crippen MR) is 109 cm³/mol. The Morgan fingerprint density at radius 1 is 1.03 bits per heavy atom. The van der Waals surface area contributed by atoms with Gasteiger partial charge in [0, 0.05) is 18.1 Å². The van der Waals surface area contributed by atoms with Crippen LogP contribution >= 0.6 is 0 Å². The van der Waals surface area contributed by atoms with Crippen molar-refractivity contribution < 1.29 is 19.2 Å². The second kappa shape index (κ2) is 7.76. The van der Waals surface area contributed by atoms with Crippen molar-refractivity contribution in [3.05, 3.63) is 72.4 Å². The number of benzene rings is 2. The van der Waals surface area contributed by atoms with Gasteiger partial charge in [-0.2, -0.15) is 5.06 Å². The molecule has 2 aromatic carbocycles. The largest absolute Gasteiger partial charge is 0.423 e. The molecule has 2 aliphatic heterocycles. The molecule has 1 unspecified atom stereocenters. The summed E-state index contributed by atoms with van der Waals surface area (Å²) in [6.07, 6.45) is 2.89. The van der Waals surface area contributed by atoms with Crippen LogP contribution in [0.2, 0.25) is 0 Å². The molecular formula is C23H21N3O4. The zero-order valence-electron chi connectivity index (χ0n) is 16.3. The molecule has 2 atom stereocenters. The van der Waals surface area contributed by atoms with Crippen molar-refractivity contribution in [3.8, 4) is 5.75 Å². The lowest BCUT2D eigenvalue weighted by atomic mass is 10.0. The average molecular weight is 403 g/mol. The molecule has 7 heteroatoms. The summed E-state index contributed by atoms with van der Waals surface area (Å²) in [4.78, 5) is 37.5. The number of para-hydroxylation sites is 1. The zero-order chi connectivity index (χ0) is 20.5. The van der Waals surface area contributed by atoms with Gasteiger partial charge in [0.25, 0.3) is 0 Å². The first-order chi connectivity index (χ1) is 14.7. The van der Waals surface area contributed by atoms with Crippen molar-refractivity contribution in [3.63, 3.8) is 0 Å². The summed E-state index contributed by atoms with van der Waals surface area (Å²) < 4.78 is 5.68. The van der Waals surface area contributed by atoms with Crippen LogP contribution in [0.1, 0.15) is 18.4 Å². The van der Waals surface area contributed by atoms with Gasteiger partial charge in [-0.1, -0.05) is 48.5 Å². The zero-order valence-corrected chi connectivity index (χ0v) is 16.3. The van der Waals surface area contributed by atoms with E-state index in [-0.39, 0.29) is 12.1 Å². The summed E-state index contributed by atoms with van der Waals surface area (Å²) in [5.41, 5.74) is 1.61. The van der Waals surface area contributed by atoms with Gasteiger partial charge in [0.15, 0.2) is 5.75 Å². The van der Waals surface area contributed by atoms with Gasteiger partial charge in [0.1, 0.15) is 18.2 Å². The minimum atomic E-state index is -0.627. The SMILES string of the molecule is O=C(Oc1cccc2cccnc12)C1CC[C@@H]2CN1C(=O)N2OCc1ccccc1. The monoisotopic (exact) mass is 403 g/mol. The molecular weight excluding hydrogens is 382 g/mol. The minimum Gasteiger partial charge on any atom is -0.423 e. The Balaban J connectivity index is 1.29. The molecule has 7 nitrogen and oxygen atoms in total. The van der Waals surface area contributed by atoms with Crippen LogP contribution in [0, 0.1) is 0 Å². The molecule has 152 valence electrons. The molecule has 5 rings (SSSR count). The topological polar surface area (TPSA) is 72.0 Å². The van der Waals surface area contributed by atoms with E-state index in [9.17, 15) is 9.59 Å². The lowest BCUT2D eigenvalue weighted by molar-refractivity contribution is -0.141. The van der Waals surface area contributed by atoms with E-state index in [0.29, 0.717) is 37.3 Å². The molecule has 0 N–H and O–H groups in total. The second-order valence-corrected chi connectivity index (χ2v) is 7.52. The van der Waals surface area contributed by atoms with E-state index in [1.165, 1.54) is 5.06 Å². The van der Waals surface area contributed by atoms with Gasteiger partial charge < -0.3 is 9.64 Å². The fourth-order valence-electron chi connectivity index (χ4n) is 4.10. The first kappa shape index (κ1) is 18.6. The number of hydrogen-bond donors (Lipinski definition) is 0. The number of pyridine rings is 1. The van der Waals surface area contributed by atoms with Crippen molar-refractivity contribution in [1.29, 1.82) is 0 Å². The van der Waals surface area contributed by atoms with Gasteiger partial charge >= 0.3 is 12.0 Å². The molecule has 0 saturated carbocycles. The first-order valence-corrected chi connectivity index (χ1v) is 10.0. The summed E-state index contributed by atoms with van der Waals surface area (Å²) in [6.45, 7) is 0.773. The molecule has 2 bridgehead atoms. The van der Waals surface area contributed by atoms with Gasteiger partial charge in [0.2, 0.25) is 0 Å². The van der Waals surface area contributed by atoms with Crippen molar-refractivity contribution in [1.82, 2.24) is 14.9 Å². The maximum atomic E-state index is 12.9. The number of piperidine rings is 1. The van der Waals surface area contributed by atoms with Crippen LogP contribution in [0.4, 0.5) is 4.79 Å². The Bertz CT molecular complexity index is 1080. The van der Waals surface area contributed by atoms with Gasteiger partial charge in [0.05, 0.1) is 6.04 Å². The third-order valence-electron chi connectivity index (χ3n) is 5.61. The number of esters is 1. The third kappa shape index (κ3) is 3.37. The van der Waals surface area contributed by atoms with E-state index in [4.69, 9.17) is 9.57 Å². The van der Waals surface area contributed by atoms with Crippen molar-refractivity contribution in [2.75, 3.05) is 6.54 Å². The fourth-order valence-corrected chi connectivity index (χ4v) is 4.10. The quantitative estimate of drug-likeness (QED) is 0.481. The van der Waals surface area contributed by atoms with Crippen LogP contribution in [0.25, 0.3) is 10.9 Å². The van der Waals surface area contributed by atoms with Crippen LogP contribution in [-0.2, 0) is 16.2 Å². The standard InChI is InChI=1S/C23H21N3O4/c27-22(30-20-10-4-8-17-9-5-13-24-21(17)20)19-12-11-18-14-25(19)23(28)26(18)29-15-16-6-2-1-3-7-16/h1-10,13,18-19H,11-12,14-15H2/t18-,19?/m1/s1. The third-order valence-corrected chi connectivity index (χ3v) is 5.61. The number of amides is 2. The number of hydrogen-bond acceptors (Lipinski definition) is 5. The van der Waals surface area contributed by atoms with Crippen molar-refractivity contribution in [2.45, 2.75) is 31.5 Å². The number of carbonyl (C=O) groups is 2. The van der Waals surface area contributed by atoms with Gasteiger partial charge in [-0.25, -0.2) is 9.59 Å². The molecule has 0 aliphatic carbocycles. The van der Waals surface area contributed by atoms with Crippen LogP contribution in [0.5, 0.6) is 5.75 Å². The van der Waals surface area contributed by atoms with E-state index in [1.54, 1.807) is 17.2 Å². The highest BCUT2D eigenvalue weighted by Crippen LogP contribution is 2.32. The highest BCUT2D eigenvalue weighted by Gasteiger charge is 2.48. The fraction of sp³-hybridized carbons (Fsp3) is 0.261. The number of hydroxylamine groups is 2. The highest BCUT2D eigenvalue weighted by atomic mass is 16.7. The van der Waals surface area contributed by atoms with Gasteiger partial charge in [-0.3, -0.25) is 9.82 Å². The number of aromatic nitrogens is 1. The Morgan fingerprint density at radius 2 is 1.87 bits per heavy atom. The van der Waals surface area contributed by atoms with Crippen LogP contribution in [0.3, 0.4) is 0 Å². The number of urea groups is 1. The molecule has 3 aromatic rings. The van der Waals surface area contributed by atoms with Crippen molar-refractivity contribution >= 4 is 22.9 Å². The molecule has 1 aromatic heterocycles. The summed E-state index contributed by atoms with van der Waals surface area (Å²) in [5.74, 6) is -0.0334. The predicted octanol–water partition coefficient (Wildman–Crippen LogP) is 3.54. The van der Waals surface area contributed by atoms with E-state index >= 15 is 0 Å². The average Bonchev–Trinajstić information content (AvgIpc) is 3.02. The van der Waals surface area contributed by atoms with E-state index < -0.39 is 12.0 Å². The maximum Gasteiger partial charge on any atom is 0.345 e. The Hall–Kier alpha value is -3.45. The van der Waals surface area contributed by atoms with Crippen LogP contribution in [0.15, 0.2) is 66.9 Å². The smallest absolute Gasteiger partial charge is 0.345 e. The summed E-state index contributed by atoms with van der Waals surface area (Å²) in [6, 6.07) is 17.9. The molecule has 0 spiro atoms. The summed E-state index contributed by atoms with van der Waals surface area (Å²) in [5, 5.41) is 2.31. The Labute approximate surface area is 173 Å². The van der Waals surface area contributed by atoms with E-state index in [1.807, 2.05) is 54.6 Å². The molecule has 2 fully saturated rings. The second-order valence-electron chi connectivity index (χ2n) is 7.52. The Morgan fingerprint density at radius 3 is 2.73 bits per heavy atom. The molecule has 2 amide bonds. The summed E-state index contributed by atoms with van der Waals surface area (Å²) >= 11 is 0. The Kier molecular flexibility index (Phi) is 4.80. The van der Waals surface area contributed by atoms with E-state index in [0.717, 1.165) is 10.9 Å². The van der Waals surface area contributed by atoms with Gasteiger partial charge in [-0.15, -0.1) is 0 Å². The highest BCUT2D eigenvalue weighted by molar-refractivity contribution is 5.90. The molecule has 2 saturated heterocycles. The maximum absolute atomic E-state index is 12.9.